The van der Waals surface area contributed by atoms with Crippen LogP contribution in [0.3, 0.4) is 0 Å². The number of nitrogens with zero attached hydrogens (tertiary/aromatic N) is 2. The van der Waals surface area contributed by atoms with E-state index in [2.05, 4.69) is 43.0 Å². The first-order valence-electron chi connectivity index (χ1n) is 8.87. The fraction of sp³-hybridized carbons (Fsp3) is 0.381. The smallest absolute Gasteiger partial charge is 0.253 e. The van der Waals surface area contributed by atoms with Gasteiger partial charge in [-0.1, -0.05) is 32.0 Å². The Labute approximate surface area is 150 Å². The van der Waals surface area contributed by atoms with E-state index >= 15 is 0 Å². The summed E-state index contributed by atoms with van der Waals surface area (Å²) in [5, 5.41) is 0. The van der Waals surface area contributed by atoms with Crippen molar-refractivity contribution in [1.82, 2.24) is 4.90 Å². The molecular formula is C21H26N2O2. The van der Waals surface area contributed by atoms with Gasteiger partial charge in [-0.15, -0.1) is 0 Å². The first-order valence-corrected chi connectivity index (χ1v) is 8.87. The van der Waals surface area contributed by atoms with Gasteiger partial charge in [0.2, 0.25) is 0 Å². The third kappa shape index (κ3) is 3.78. The predicted octanol–water partition coefficient (Wildman–Crippen LogP) is 3.78. The summed E-state index contributed by atoms with van der Waals surface area (Å²) in [4.78, 5) is 17.0. The summed E-state index contributed by atoms with van der Waals surface area (Å²) in [5.74, 6) is 1.36. The lowest BCUT2D eigenvalue weighted by atomic mass is 10.00. The molecule has 4 nitrogen and oxygen atoms in total. The number of hydrogen-bond donors (Lipinski definition) is 0. The summed E-state index contributed by atoms with van der Waals surface area (Å²) < 4.78 is 5.16. The Morgan fingerprint density at radius 2 is 1.60 bits per heavy atom. The lowest BCUT2D eigenvalue weighted by Crippen LogP contribution is -2.49. The van der Waals surface area contributed by atoms with Gasteiger partial charge >= 0.3 is 0 Å². The molecule has 0 N–H and O–H groups in total. The molecule has 3 rings (SSSR count). The zero-order chi connectivity index (χ0) is 17.8. The number of carbonyl (C=O) groups is 1. The first kappa shape index (κ1) is 17.3. The highest BCUT2D eigenvalue weighted by atomic mass is 16.5. The molecule has 25 heavy (non-hydrogen) atoms. The standard InChI is InChI=1S/C21H26N2O2/c1-16(2)19-6-4-5-7-20(19)22-12-14-23(15-13-22)21(24)17-8-10-18(25-3)11-9-17/h4-11,16H,12-15H2,1-3H3. The Kier molecular flexibility index (Phi) is 5.27. The minimum atomic E-state index is 0.0967. The van der Waals surface area contributed by atoms with E-state index in [4.69, 9.17) is 4.74 Å². The lowest BCUT2D eigenvalue weighted by molar-refractivity contribution is 0.0746. The predicted molar refractivity (Wildman–Crippen MR) is 102 cm³/mol. The van der Waals surface area contributed by atoms with Crippen LogP contribution in [0, 0.1) is 0 Å². The molecule has 0 saturated carbocycles. The van der Waals surface area contributed by atoms with Crippen LogP contribution < -0.4 is 9.64 Å². The van der Waals surface area contributed by atoms with Crippen molar-refractivity contribution in [2.24, 2.45) is 0 Å². The number of piperazine rings is 1. The van der Waals surface area contributed by atoms with Gasteiger partial charge in [0.15, 0.2) is 0 Å². The Bertz CT molecular complexity index is 717. The molecule has 1 aliphatic heterocycles. The van der Waals surface area contributed by atoms with Gasteiger partial charge in [-0.3, -0.25) is 4.79 Å². The highest BCUT2D eigenvalue weighted by molar-refractivity contribution is 5.94. The number of benzene rings is 2. The van der Waals surface area contributed by atoms with Crippen LogP contribution in [0.4, 0.5) is 5.69 Å². The number of carbonyl (C=O) groups excluding carboxylic acids is 1. The zero-order valence-electron chi connectivity index (χ0n) is 15.2. The molecule has 132 valence electrons. The number of rotatable bonds is 4. The first-order chi connectivity index (χ1) is 12.1. The van der Waals surface area contributed by atoms with E-state index in [0.717, 1.165) is 37.5 Å². The Morgan fingerprint density at radius 3 is 2.20 bits per heavy atom. The van der Waals surface area contributed by atoms with Crippen LogP contribution >= 0.6 is 0 Å². The molecule has 2 aromatic carbocycles. The summed E-state index contributed by atoms with van der Waals surface area (Å²) in [5.41, 5.74) is 3.39. The van der Waals surface area contributed by atoms with E-state index in [9.17, 15) is 4.79 Å². The van der Waals surface area contributed by atoms with Crippen LogP contribution in [0.2, 0.25) is 0 Å². The lowest BCUT2D eigenvalue weighted by Gasteiger charge is -2.37. The second-order valence-corrected chi connectivity index (χ2v) is 6.72. The fourth-order valence-corrected chi connectivity index (χ4v) is 3.33. The topological polar surface area (TPSA) is 32.8 Å². The van der Waals surface area contributed by atoms with Crippen molar-refractivity contribution in [3.05, 3.63) is 59.7 Å². The quantitative estimate of drug-likeness (QED) is 0.850. The number of methoxy groups -OCH3 is 1. The van der Waals surface area contributed by atoms with E-state index in [0.29, 0.717) is 5.92 Å². The van der Waals surface area contributed by atoms with Gasteiger partial charge in [-0.2, -0.15) is 0 Å². The van der Waals surface area contributed by atoms with Gasteiger partial charge < -0.3 is 14.5 Å². The number of ether oxygens (including phenoxy) is 1. The van der Waals surface area contributed by atoms with Gasteiger partial charge in [0.1, 0.15) is 5.75 Å². The third-order valence-electron chi connectivity index (χ3n) is 4.80. The molecule has 0 atom stereocenters. The van der Waals surface area contributed by atoms with Crippen LogP contribution in [0.5, 0.6) is 5.75 Å². The molecule has 0 aromatic heterocycles. The molecule has 0 spiro atoms. The molecule has 1 heterocycles. The summed E-state index contributed by atoms with van der Waals surface area (Å²) >= 11 is 0. The molecule has 2 aromatic rings. The van der Waals surface area contributed by atoms with Gasteiger partial charge in [0.25, 0.3) is 5.91 Å². The molecule has 1 amide bonds. The average Bonchev–Trinajstić information content (AvgIpc) is 2.67. The van der Waals surface area contributed by atoms with Crippen molar-refractivity contribution in [3.63, 3.8) is 0 Å². The second-order valence-electron chi connectivity index (χ2n) is 6.72. The molecule has 4 heteroatoms. The Morgan fingerprint density at radius 1 is 0.960 bits per heavy atom. The monoisotopic (exact) mass is 338 g/mol. The molecular weight excluding hydrogens is 312 g/mol. The van der Waals surface area contributed by atoms with E-state index in [1.807, 2.05) is 29.2 Å². The molecule has 0 unspecified atom stereocenters. The van der Waals surface area contributed by atoms with Crippen LogP contribution in [0.15, 0.2) is 48.5 Å². The van der Waals surface area contributed by atoms with Crippen molar-refractivity contribution in [1.29, 1.82) is 0 Å². The largest absolute Gasteiger partial charge is 0.497 e. The molecule has 0 aliphatic carbocycles. The maximum atomic E-state index is 12.7. The van der Waals surface area contributed by atoms with Crippen molar-refractivity contribution in [3.8, 4) is 5.75 Å². The highest BCUT2D eigenvalue weighted by Crippen LogP contribution is 2.28. The minimum absolute atomic E-state index is 0.0967. The molecule has 1 fully saturated rings. The van der Waals surface area contributed by atoms with E-state index in [-0.39, 0.29) is 5.91 Å². The van der Waals surface area contributed by atoms with Crippen molar-refractivity contribution in [2.75, 3.05) is 38.2 Å². The van der Waals surface area contributed by atoms with Crippen LogP contribution in [-0.4, -0.2) is 44.1 Å². The molecule has 1 saturated heterocycles. The van der Waals surface area contributed by atoms with Gasteiger partial charge in [0, 0.05) is 37.4 Å². The zero-order valence-corrected chi connectivity index (χ0v) is 15.2. The van der Waals surface area contributed by atoms with Crippen LogP contribution in [0.1, 0.15) is 35.7 Å². The third-order valence-corrected chi connectivity index (χ3v) is 4.80. The number of hydrogen-bond acceptors (Lipinski definition) is 3. The van der Waals surface area contributed by atoms with Crippen LogP contribution in [-0.2, 0) is 0 Å². The molecule has 0 radical (unpaired) electrons. The van der Waals surface area contributed by atoms with Crippen molar-refractivity contribution in [2.45, 2.75) is 19.8 Å². The van der Waals surface area contributed by atoms with Crippen molar-refractivity contribution >= 4 is 11.6 Å². The van der Waals surface area contributed by atoms with Gasteiger partial charge in [-0.25, -0.2) is 0 Å². The fourth-order valence-electron chi connectivity index (χ4n) is 3.33. The normalized spacial score (nSPS) is 14.7. The summed E-state index contributed by atoms with van der Waals surface area (Å²) in [6, 6.07) is 15.9. The molecule has 0 bridgehead atoms. The SMILES string of the molecule is COc1ccc(C(=O)N2CCN(c3ccccc3C(C)C)CC2)cc1. The van der Waals surface area contributed by atoms with Crippen molar-refractivity contribution < 1.29 is 9.53 Å². The maximum Gasteiger partial charge on any atom is 0.253 e. The Balaban J connectivity index is 1.66. The average molecular weight is 338 g/mol. The van der Waals surface area contributed by atoms with E-state index < -0.39 is 0 Å². The minimum Gasteiger partial charge on any atom is -0.497 e. The van der Waals surface area contributed by atoms with Crippen LogP contribution in [0.25, 0.3) is 0 Å². The number of para-hydroxylation sites is 1. The summed E-state index contributed by atoms with van der Waals surface area (Å²) in [7, 11) is 1.63. The van der Waals surface area contributed by atoms with Gasteiger partial charge in [-0.05, 0) is 41.8 Å². The molecule has 1 aliphatic rings. The summed E-state index contributed by atoms with van der Waals surface area (Å²) in [6.07, 6.45) is 0. The number of amides is 1. The second kappa shape index (κ2) is 7.60. The maximum absolute atomic E-state index is 12.7. The van der Waals surface area contributed by atoms with E-state index in [1.54, 1.807) is 7.11 Å². The highest BCUT2D eigenvalue weighted by Gasteiger charge is 2.23. The summed E-state index contributed by atoms with van der Waals surface area (Å²) in [6.45, 7) is 7.68. The van der Waals surface area contributed by atoms with E-state index in [1.165, 1.54) is 11.3 Å². The number of anilines is 1. The Hall–Kier alpha value is -2.49. The van der Waals surface area contributed by atoms with Gasteiger partial charge in [0.05, 0.1) is 7.11 Å².